The van der Waals surface area contributed by atoms with Crippen LogP contribution in [0.3, 0.4) is 0 Å². The van der Waals surface area contributed by atoms with E-state index in [0.717, 1.165) is 11.1 Å². The van der Waals surface area contributed by atoms with Gasteiger partial charge in [-0.1, -0.05) is 60.7 Å². The van der Waals surface area contributed by atoms with Gasteiger partial charge in [-0.25, -0.2) is 13.1 Å². The number of hydrogen-bond acceptors (Lipinski definition) is 7. The van der Waals surface area contributed by atoms with Crippen LogP contribution in [0, 0.1) is 6.92 Å². The standard InChI is InChI=1S/C34H32N6O5S/c1-21-19-27(37-36-21)32(41)35-26-15-16-28(39(2)3)31(30(26)34(43)40-18-17-22-9-4-5-11-24(22)20-40)33(42)38-46(44,45)29-14-8-12-23-10-6-7-13-25(23)29/h4-16,19H,17-18,20H2,1-3H3,(H,35,41)(H,36,37)(H,38,42). The monoisotopic (exact) mass is 636 g/mol. The second-order valence-electron chi connectivity index (χ2n) is 11.3. The highest BCUT2D eigenvalue weighted by Crippen LogP contribution is 2.33. The van der Waals surface area contributed by atoms with Crippen molar-refractivity contribution in [2.24, 2.45) is 0 Å². The minimum atomic E-state index is -4.40. The zero-order valence-corrected chi connectivity index (χ0v) is 26.3. The van der Waals surface area contributed by atoms with E-state index < -0.39 is 27.7 Å². The number of sulfonamides is 1. The Morgan fingerprint density at radius 2 is 1.59 bits per heavy atom. The lowest BCUT2D eigenvalue weighted by Gasteiger charge is -2.31. The van der Waals surface area contributed by atoms with Crippen molar-refractivity contribution in [3.63, 3.8) is 0 Å². The van der Waals surface area contributed by atoms with Gasteiger partial charge in [0.05, 0.1) is 27.4 Å². The SMILES string of the molecule is Cc1cc(C(=O)Nc2ccc(N(C)C)c(C(=O)NS(=O)(=O)c3cccc4ccccc34)c2C(=O)N2CCc3ccccc3C2)n[nH]1. The van der Waals surface area contributed by atoms with E-state index in [4.69, 9.17) is 0 Å². The fraction of sp³-hybridized carbons (Fsp3) is 0.176. The highest BCUT2D eigenvalue weighted by molar-refractivity contribution is 7.90. The van der Waals surface area contributed by atoms with E-state index >= 15 is 0 Å². The number of benzene rings is 4. The van der Waals surface area contributed by atoms with Gasteiger partial charge >= 0.3 is 0 Å². The van der Waals surface area contributed by atoms with E-state index in [9.17, 15) is 22.8 Å². The third kappa shape index (κ3) is 5.82. The van der Waals surface area contributed by atoms with Gasteiger partial charge in [0.15, 0.2) is 5.69 Å². The molecule has 6 rings (SSSR count). The number of aromatic nitrogens is 2. The van der Waals surface area contributed by atoms with Crippen LogP contribution >= 0.6 is 0 Å². The maximum absolute atomic E-state index is 14.5. The third-order valence-electron chi connectivity index (χ3n) is 7.98. The van der Waals surface area contributed by atoms with E-state index in [1.54, 1.807) is 79.3 Å². The highest BCUT2D eigenvalue weighted by Gasteiger charge is 2.33. The summed E-state index contributed by atoms with van der Waals surface area (Å²) in [6.07, 6.45) is 0.598. The lowest BCUT2D eigenvalue weighted by molar-refractivity contribution is 0.0730. The molecular weight excluding hydrogens is 604 g/mol. The summed E-state index contributed by atoms with van der Waals surface area (Å²) in [5.41, 5.74) is 2.86. The number of amides is 3. The second kappa shape index (κ2) is 12.1. The van der Waals surface area contributed by atoms with Crippen LogP contribution < -0.4 is 14.9 Å². The molecule has 12 heteroatoms. The van der Waals surface area contributed by atoms with E-state index in [2.05, 4.69) is 20.2 Å². The van der Waals surface area contributed by atoms with Crippen molar-refractivity contribution in [1.29, 1.82) is 0 Å². The summed E-state index contributed by atoms with van der Waals surface area (Å²) in [4.78, 5) is 45.1. The Morgan fingerprint density at radius 1 is 0.870 bits per heavy atom. The van der Waals surface area contributed by atoms with Crippen molar-refractivity contribution in [3.8, 4) is 0 Å². The Labute approximate surface area is 266 Å². The van der Waals surface area contributed by atoms with Gasteiger partial charge in [-0.2, -0.15) is 5.10 Å². The molecule has 1 aliphatic rings. The Morgan fingerprint density at radius 3 is 2.33 bits per heavy atom. The number of H-pyrrole nitrogens is 1. The van der Waals surface area contributed by atoms with Gasteiger partial charge in [0.2, 0.25) is 0 Å². The van der Waals surface area contributed by atoms with Gasteiger partial charge in [0.1, 0.15) is 0 Å². The molecule has 0 radical (unpaired) electrons. The largest absolute Gasteiger partial charge is 0.377 e. The Bertz CT molecular complexity index is 2120. The van der Waals surface area contributed by atoms with Crippen LogP contribution in [0.2, 0.25) is 0 Å². The van der Waals surface area contributed by atoms with Crippen LogP contribution in [0.25, 0.3) is 10.8 Å². The molecule has 0 saturated heterocycles. The molecule has 234 valence electrons. The number of aromatic amines is 1. The van der Waals surface area contributed by atoms with Crippen LogP contribution in [0.1, 0.15) is 48.0 Å². The van der Waals surface area contributed by atoms with Crippen molar-refractivity contribution < 1.29 is 22.8 Å². The summed E-state index contributed by atoms with van der Waals surface area (Å²) < 4.78 is 29.7. The number of carbonyl (C=O) groups is 3. The lowest BCUT2D eigenvalue weighted by Crippen LogP contribution is -2.39. The van der Waals surface area contributed by atoms with Crippen molar-refractivity contribution >= 4 is 49.9 Å². The van der Waals surface area contributed by atoms with Gasteiger partial charge < -0.3 is 15.1 Å². The first kappa shape index (κ1) is 30.5. The molecule has 0 saturated carbocycles. The molecule has 3 amide bonds. The second-order valence-corrected chi connectivity index (χ2v) is 13.0. The summed E-state index contributed by atoms with van der Waals surface area (Å²) >= 11 is 0. The molecule has 0 atom stereocenters. The Balaban J connectivity index is 1.46. The molecule has 0 spiro atoms. The van der Waals surface area contributed by atoms with E-state index in [1.165, 1.54) is 12.1 Å². The number of rotatable bonds is 7. The molecule has 0 aliphatic carbocycles. The zero-order chi connectivity index (χ0) is 32.6. The van der Waals surface area contributed by atoms with Gasteiger partial charge in [0.25, 0.3) is 27.7 Å². The molecule has 4 aromatic carbocycles. The lowest BCUT2D eigenvalue weighted by atomic mass is 9.96. The molecule has 5 aromatic rings. The van der Waals surface area contributed by atoms with Gasteiger partial charge in [0, 0.05) is 38.3 Å². The third-order valence-corrected chi connectivity index (χ3v) is 9.37. The van der Waals surface area contributed by atoms with Crippen molar-refractivity contribution in [1.82, 2.24) is 19.8 Å². The summed E-state index contributed by atoms with van der Waals surface area (Å²) in [6, 6.07) is 24.2. The van der Waals surface area contributed by atoms with E-state index in [1.807, 2.05) is 24.3 Å². The Kier molecular flexibility index (Phi) is 8.05. The van der Waals surface area contributed by atoms with Gasteiger partial charge in [-0.15, -0.1) is 0 Å². The minimum absolute atomic E-state index is 0.0489. The predicted molar refractivity (Wildman–Crippen MR) is 176 cm³/mol. The molecule has 46 heavy (non-hydrogen) atoms. The molecule has 0 bridgehead atoms. The van der Waals surface area contributed by atoms with Gasteiger partial charge in [-0.05, 0) is 54.1 Å². The molecule has 2 heterocycles. The first-order valence-electron chi connectivity index (χ1n) is 14.6. The molecular formula is C34H32N6O5S. The van der Waals surface area contributed by atoms with Crippen LogP contribution in [0.4, 0.5) is 11.4 Å². The number of anilines is 2. The smallest absolute Gasteiger partial charge is 0.276 e. The summed E-state index contributed by atoms with van der Waals surface area (Å²) in [7, 11) is -1.04. The Hall–Kier alpha value is -5.49. The highest BCUT2D eigenvalue weighted by atomic mass is 32.2. The number of carbonyl (C=O) groups excluding carboxylic acids is 3. The maximum Gasteiger partial charge on any atom is 0.276 e. The van der Waals surface area contributed by atoms with E-state index in [-0.39, 0.29) is 33.9 Å². The summed E-state index contributed by atoms with van der Waals surface area (Å²) in [5.74, 6) is -2.14. The summed E-state index contributed by atoms with van der Waals surface area (Å²) in [5, 5.41) is 10.6. The average Bonchev–Trinajstić information content (AvgIpc) is 3.49. The predicted octanol–water partition coefficient (Wildman–Crippen LogP) is 4.51. The molecule has 11 nitrogen and oxygen atoms in total. The van der Waals surface area contributed by atoms with Crippen LogP contribution in [-0.4, -0.2) is 61.9 Å². The van der Waals surface area contributed by atoms with Crippen molar-refractivity contribution in [3.05, 3.63) is 119 Å². The topological polar surface area (TPSA) is 145 Å². The average molecular weight is 637 g/mol. The molecule has 0 fully saturated rings. The molecule has 1 aliphatic heterocycles. The molecule has 0 unspecified atom stereocenters. The number of fused-ring (bicyclic) bond motifs is 2. The quantitative estimate of drug-likeness (QED) is 0.239. The van der Waals surface area contributed by atoms with Gasteiger partial charge in [-0.3, -0.25) is 19.5 Å². The first-order chi connectivity index (χ1) is 22.0. The van der Waals surface area contributed by atoms with Crippen LogP contribution in [-0.2, 0) is 23.0 Å². The van der Waals surface area contributed by atoms with Crippen molar-refractivity contribution in [2.45, 2.75) is 24.8 Å². The molecule has 1 aromatic heterocycles. The molecule has 3 N–H and O–H groups in total. The number of aryl methyl sites for hydroxylation is 1. The van der Waals surface area contributed by atoms with E-state index in [0.29, 0.717) is 35.1 Å². The fourth-order valence-electron chi connectivity index (χ4n) is 5.73. The van der Waals surface area contributed by atoms with Crippen molar-refractivity contribution in [2.75, 3.05) is 30.9 Å². The van der Waals surface area contributed by atoms with Crippen LogP contribution in [0.5, 0.6) is 0 Å². The fourth-order valence-corrected chi connectivity index (χ4v) is 6.92. The maximum atomic E-state index is 14.5. The normalized spacial score (nSPS) is 12.8. The van der Waals surface area contributed by atoms with Crippen LogP contribution in [0.15, 0.2) is 89.8 Å². The number of nitrogens with zero attached hydrogens (tertiary/aromatic N) is 3. The zero-order valence-electron chi connectivity index (χ0n) is 25.5. The minimum Gasteiger partial charge on any atom is -0.377 e. The number of hydrogen-bond donors (Lipinski definition) is 3. The number of nitrogens with one attached hydrogen (secondary N) is 3. The first-order valence-corrected chi connectivity index (χ1v) is 16.1. The summed E-state index contributed by atoms with van der Waals surface area (Å²) in [6.45, 7) is 2.39.